The molecule has 0 bridgehead atoms. The number of sulfonamides is 1. The predicted octanol–water partition coefficient (Wildman–Crippen LogP) is 0.214. The summed E-state index contributed by atoms with van der Waals surface area (Å²) >= 11 is 0. The topological polar surface area (TPSA) is 92.5 Å². The summed E-state index contributed by atoms with van der Waals surface area (Å²) in [7, 11) is -1.87. The Hall–Kier alpha value is -1.41. The van der Waals surface area contributed by atoms with Crippen LogP contribution in [0.2, 0.25) is 0 Å². The minimum absolute atomic E-state index is 0.00721. The van der Waals surface area contributed by atoms with Crippen molar-refractivity contribution >= 4 is 16.0 Å². The monoisotopic (exact) mass is 287 g/mol. The normalized spacial score (nSPS) is 20.8. The van der Waals surface area contributed by atoms with Crippen molar-refractivity contribution < 1.29 is 18.3 Å². The first-order valence-corrected chi connectivity index (χ1v) is 7.46. The summed E-state index contributed by atoms with van der Waals surface area (Å²) < 4.78 is 27.6. The fraction of sp³-hybridized carbons (Fsp3) is 0.636. The molecule has 1 atom stereocenters. The van der Waals surface area contributed by atoms with Gasteiger partial charge in [0.1, 0.15) is 5.82 Å². The number of imidazole rings is 1. The first-order chi connectivity index (χ1) is 8.80. The van der Waals surface area contributed by atoms with Gasteiger partial charge < -0.3 is 9.67 Å². The summed E-state index contributed by atoms with van der Waals surface area (Å²) in [5.41, 5.74) is 0. The Morgan fingerprint density at radius 1 is 1.58 bits per heavy atom. The molecule has 1 aromatic rings. The van der Waals surface area contributed by atoms with E-state index in [1.807, 2.05) is 0 Å². The SMILES string of the molecule is Cc1nc(S(=O)(=O)N2CCC(CC(=O)O)C2)cn1C. The zero-order chi connectivity index (χ0) is 14.2. The largest absolute Gasteiger partial charge is 0.481 e. The first kappa shape index (κ1) is 14.0. The molecule has 2 rings (SSSR count). The third-order valence-electron chi connectivity index (χ3n) is 3.40. The Balaban J connectivity index is 2.16. The Morgan fingerprint density at radius 2 is 2.26 bits per heavy atom. The summed E-state index contributed by atoms with van der Waals surface area (Å²) in [6.07, 6.45) is 2.07. The number of carbonyl (C=O) groups is 1. The molecule has 19 heavy (non-hydrogen) atoms. The van der Waals surface area contributed by atoms with Gasteiger partial charge in [-0.1, -0.05) is 0 Å². The van der Waals surface area contributed by atoms with E-state index in [9.17, 15) is 13.2 Å². The van der Waals surface area contributed by atoms with Gasteiger partial charge in [-0.25, -0.2) is 13.4 Å². The fourth-order valence-corrected chi connectivity index (χ4v) is 3.77. The summed E-state index contributed by atoms with van der Waals surface area (Å²) in [4.78, 5) is 14.7. The highest BCUT2D eigenvalue weighted by Crippen LogP contribution is 2.25. The Labute approximate surface area is 111 Å². The average Bonchev–Trinajstić information content (AvgIpc) is 2.87. The van der Waals surface area contributed by atoms with Crippen LogP contribution in [0.5, 0.6) is 0 Å². The van der Waals surface area contributed by atoms with Crippen LogP contribution in [0.4, 0.5) is 0 Å². The van der Waals surface area contributed by atoms with Crippen molar-refractivity contribution in [1.82, 2.24) is 13.9 Å². The summed E-state index contributed by atoms with van der Waals surface area (Å²) in [6, 6.07) is 0. The van der Waals surface area contributed by atoms with E-state index in [1.54, 1.807) is 18.5 Å². The van der Waals surface area contributed by atoms with Gasteiger partial charge in [-0.3, -0.25) is 4.79 Å². The van der Waals surface area contributed by atoms with E-state index in [2.05, 4.69) is 4.98 Å². The van der Waals surface area contributed by atoms with Gasteiger partial charge in [0.05, 0.1) is 0 Å². The van der Waals surface area contributed by atoms with Crippen LogP contribution in [-0.2, 0) is 21.9 Å². The van der Waals surface area contributed by atoms with Crippen LogP contribution in [0.1, 0.15) is 18.7 Å². The highest BCUT2D eigenvalue weighted by molar-refractivity contribution is 7.89. The molecular formula is C11H17N3O4S. The molecule has 0 spiro atoms. The maximum atomic E-state index is 12.3. The quantitative estimate of drug-likeness (QED) is 0.854. The molecule has 106 valence electrons. The molecule has 1 aromatic heterocycles. The van der Waals surface area contributed by atoms with Crippen molar-refractivity contribution in [2.75, 3.05) is 13.1 Å². The molecule has 0 aromatic carbocycles. The number of rotatable bonds is 4. The molecule has 0 amide bonds. The van der Waals surface area contributed by atoms with Crippen LogP contribution in [0.25, 0.3) is 0 Å². The summed E-state index contributed by atoms with van der Waals surface area (Å²) in [6.45, 7) is 2.34. The van der Waals surface area contributed by atoms with Gasteiger partial charge in [0.15, 0.2) is 5.03 Å². The number of nitrogens with zero attached hydrogens (tertiary/aromatic N) is 3. The van der Waals surface area contributed by atoms with Gasteiger partial charge in [0, 0.05) is 32.8 Å². The van der Waals surface area contributed by atoms with Crippen molar-refractivity contribution in [1.29, 1.82) is 0 Å². The number of carboxylic acids is 1. The lowest BCUT2D eigenvalue weighted by molar-refractivity contribution is -0.137. The lowest BCUT2D eigenvalue weighted by Gasteiger charge is -2.14. The van der Waals surface area contributed by atoms with Gasteiger partial charge >= 0.3 is 5.97 Å². The van der Waals surface area contributed by atoms with Gasteiger partial charge in [0.25, 0.3) is 10.0 Å². The third kappa shape index (κ3) is 2.79. The second-order valence-corrected chi connectivity index (χ2v) is 6.74. The summed E-state index contributed by atoms with van der Waals surface area (Å²) in [5, 5.41) is 8.77. The van der Waals surface area contributed by atoms with Crippen molar-refractivity contribution in [3.63, 3.8) is 0 Å². The number of hydrogen-bond acceptors (Lipinski definition) is 4. The maximum Gasteiger partial charge on any atom is 0.303 e. The number of carboxylic acid groups (broad SMARTS) is 1. The number of hydrogen-bond donors (Lipinski definition) is 1. The maximum absolute atomic E-state index is 12.3. The molecule has 0 radical (unpaired) electrons. The summed E-state index contributed by atoms with van der Waals surface area (Å²) in [5.74, 6) is -0.380. The van der Waals surface area contributed by atoms with Crippen LogP contribution in [0, 0.1) is 12.8 Å². The Bertz CT molecular complexity index is 574. The molecule has 0 saturated carbocycles. The molecule has 1 unspecified atom stereocenters. The molecule has 1 aliphatic heterocycles. The van der Waals surface area contributed by atoms with E-state index in [0.29, 0.717) is 18.8 Å². The molecule has 1 N–H and O–H groups in total. The minimum atomic E-state index is -3.60. The number of aliphatic carboxylic acids is 1. The molecular weight excluding hydrogens is 270 g/mol. The van der Waals surface area contributed by atoms with E-state index in [4.69, 9.17) is 5.11 Å². The van der Waals surface area contributed by atoms with Gasteiger partial charge in [-0.2, -0.15) is 4.31 Å². The van der Waals surface area contributed by atoms with E-state index in [1.165, 1.54) is 10.5 Å². The Kier molecular flexibility index (Phi) is 3.64. The van der Waals surface area contributed by atoms with Crippen LogP contribution in [-0.4, -0.2) is 46.4 Å². The van der Waals surface area contributed by atoms with E-state index in [-0.39, 0.29) is 23.9 Å². The predicted molar refractivity (Wildman–Crippen MR) is 67.1 cm³/mol. The van der Waals surface area contributed by atoms with Gasteiger partial charge in [-0.15, -0.1) is 0 Å². The second kappa shape index (κ2) is 4.93. The van der Waals surface area contributed by atoms with Crippen LogP contribution >= 0.6 is 0 Å². The smallest absolute Gasteiger partial charge is 0.303 e. The molecule has 1 saturated heterocycles. The molecule has 1 fully saturated rings. The Morgan fingerprint density at radius 3 is 2.79 bits per heavy atom. The van der Waals surface area contributed by atoms with E-state index >= 15 is 0 Å². The average molecular weight is 287 g/mol. The van der Waals surface area contributed by atoms with Crippen LogP contribution in [0.15, 0.2) is 11.2 Å². The molecule has 8 heteroatoms. The van der Waals surface area contributed by atoms with E-state index in [0.717, 1.165) is 0 Å². The van der Waals surface area contributed by atoms with Crippen molar-refractivity contribution in [3.05, 3.63) is 12.0 Å². The zero-order valence-electron chi connectivity index (χ0n) is 10.9. The second-order valence-electron chi connectivity index (χ2n) is 4.85. The highest BCUT2D eigenvalue weighted by atomic mass is 32.2. The van der Waals surface area contributed by atoms with Crippen LogP contribution < -0.4 is 0 Å². The minimum Gasteiger partial charge on any atom is -0.481 e. The van der Waals surface area contributed by atoms with E-state index < -0.39 is 16.0 Å². The van der Waals surface area contributed by atoms with Crippen LogP contribution in [0.3, 0.4) is 0 Å². The standard InChI is InChI=1S/C11H17N3O4S/c1-8-12-10(7-13(8)2)19(17,18)14-4-3-9(6-14)5-11(15)16/h7,9H,3-6H2,1-2H3,(H,15,16). The lowest BCUT2D eigenvalue weighted by atomic mass is 10.1. The number of aryl methyl sites for hydroxylation is 2. The zero-order valence-corrected chi connectivity index (χ0v) is 11.7. The molecule has 1 aliphatic rings. The first-order valence-electron chi connectivity index (χ1n) is 6.02. The van der Waals surface area contributed by atoms with Gasteiger partial charge in [0.2, 0.25) is 0 Å². The van der Waals surface area contributed by atoms with Gasteiger partial charge in [-0.05, 0) is 19.3 Å². The lowest BCUT2D eigenvalue weighted by Crippen LogP contribution is -2.29. The van der Waals surface area contributed by atoms with Crippen molar-refractivity contribution in [2.24, 2.45) is 13.0 Å². The molecule has 2 heterocycles. The highest BCUT2D eigenvalue weighted by Gasteiger charge is 2.34. The fourth-order valence-electron chi connectivity index (χ4n) is 2.21. The molecule has 0 aliphatic carbocycles. The molecule has 7 nitrogen and oxygen atoms in total. The van der Waals surface area contributed by atoms with Crippen molar-refractivity contribution in [3.8, 4) is 0 Å². The third-order valence-corrected chi connectivity index (χ3v) is 5.14. The van der Waals surface area contributed by atoms with Crippen molar-refractivity contribution in [2.45, 2.75) is 24.8 Å². The number of aromatic nitrogens is 2.